The molecule has 0 spiro atoms. The SMILES string of the molecule is C[Si](F)(c1cccc2ccccc12)c1cccc2ccccc12. The Labute approximate surface area is 136 Å². The van der Waals surface area contributed by atoms with Gasteiger partial charge in [-0.05, 0) is 38.5 Å². The van der Waals surface area contributed by atoms with E-state index in [9.17, 15) is 0 Å². The summed E-state index contributed by atoms with van der Waals surface area (Å²) in [5.74, 6) is 0. The maximum atomic E-state index is 16.2. The standard InChI is InChI=1S/C21H17FSi/c1-23(22,20-14-6-10-16-8-2-4-12-18(16)20)21-15-7-11-17-9-3-5-13-19(17)21/h2-15H,1H3. The van der Waals surface area contributed by atoms with E-state index in [0.717, 1.165) is 31.9 Å². The highest BCUT2D eigenvalue weighted by Crippen LogP contribution is 2.20. The minimum atomic E-state index is -3.28. The lowest BCUT2D eigenvalue weighted by atomic mass is 10.1. The lowest BCUT2D eigenvalue weighted by molar-refractivity contribution is 0.834. The van der Waals surface area contributed by atoms with Crippen molar-refractivity contribution in [2.24, 2.45) is 0 Å². The van der Waals surface area contributed by atoms with Crippen LogP contribution in [-0.2, 0) is 0 Å². The number of rotatable bonds is 2. The molecule has 0 amide bonds. The van der Waals surface area contributed by atoms with E-state index in [-0.39, 0.29) is 0 Å². The van der Waals surface area contributed by atoms with Gasteiger partial charge < -0.3 is 4.11 Å². The van der Waals surface area contributed by atoms with Crippen LogP contribution in [0.1, 0.15) is 0 Å². The van der Waals surface area contributed by atoms with Crippen molar-refractivity contribution >= 4 is 40.3 Å². The smallest absolute Gasteiger partial charge is 0.302 e. The molecule has 4 aromatic rings. The molecule has 0 bridgehead atoms. The molecule has 0 aliphatic rings. The molecule has 0 unspecified atom stereocenters. The van der Waals surface area contributed by atoms with Crippen molar-refractivity contribution in [3.05, 3.63) is 84.9 Å². The minimum Gasteiger partial charge on any atom is -0.302 e. The fourth-order valence-electron chi connectivity index (χ4n) is 3.41. The van der Waals surface area contributed by atoms with E-state index < -0.39 is 8.41 Å². The van der Waals surface area contributed by atoms with Gasteiger partial charge in [-0.15, -0.1) is 0 Å². The van der Waals surface area contributed by atoms with Crippen LogP contribution in [0, 0.1) is 0 Å². The van der Waals surface area contributed by atoms with Crippen molar-refractivity contribution in [1.82, 2.24) is 0 Å². The maximum Gasteiger partial charge on any atom is 0.306 e. The van der Waals surface area contributed by atoms with E-state index in [0.29, 0.717) is 0 Å². The zero-order chi connectivity index (χ0) is 15.9. The van der Waals surface area contributed by atoms with Gasteiger partial charge in [0.05, 0.1) is 0 Å². The summed E-state index contributed by atoms with van der Waals surface area (Å²) in [6, 6.07) is 28.1. The van der Waals surface area contributed by atoms with Gasteiger partial charge in [0.15, 0.2) is 0 Å². The number of benzene rings is 4. The molecule has 0 atom stereocenters. The summed E-state index contributed by atoms with van der Waals surface area (Å²) >= 11 is 0. The predicted molar refractivity (Wildman–Crippen MR) is 99.9 cm³/mol. The first kappa shape index (κ1) is 14.2. The molecule has 0 aliphatic carbocycles. The topological polar surface area (TPSA) is 0 Å². The van der Waals surface area contributed by atoms with Crippen LogP contribution in [0.2, 0.25) is 6.55 Å². The minimum absolute atomic E-state index is 0.854. The summed E-state index contributed by atoms with van der Waals surface area (Å²) in [5.41, 5.74) is 0. The largest absolute Gasteiger partial charge is 0.306 e. The maximum absolute atomic E-state index is 16.2. The normalized spacial score (nSPS) is 11.9. The van der Waals surface area contributed by atoms with Crippen molar-refractivity contribution in [3.8, 4) is 0 Å². The van der Waals surface area contributed by atoms with Crippen LogP contribution in [0.25, 0.3) is 21.5 Å². The molecule has 4 aromatic carbocycles. The molecule has 0 saturated heterocycles. The van der Waals surface area contributed by atoms with Crippen molar-refractivity contribution in [3.63, 3.8) is 0 Å². The summed E-state index contributed by atoms with van der Waals surface area (Å²) in [6.45, 7) is 1.80. The van der Waals surface area contributed by atoms with Gasteiger partial charge in [0.25, 0.3) is 0 Å². The molecular formula is C21H17FSi. The van der Waals surface area contributed by atoms with E-state index in [4.69, 9.17) is 0 Å². The van der Waals surface area contributed by atoms with Crippen LogP contribution in [0.15, 0.2) is 84.9 Å². The molecule has 4 rings (SSSR count). The molecule has 0 radical (unpaired) electrons. The number of hydrogen-bond donors (Lipinski definition) is 0. The first-order valence-corrected chi connectivity index (χ1v) is 10.2. The Morgan fingerprint density at radius 2 is 0.957 bits per heavy atom. The van der Waals surface area contributed by atoms with Crippen molar-refractivity contribution < 1.29 is 4.11 Å². The third-order valence-electron chi connectivity index (χ3n) is 4.59. The van der Waals surface area contributed by atoms with Gasteiger partial charge in [-0.25, -0.2) is 0 Å². The average molecular weight is 316 g/mol. The van der Waals surface area contributed by atoms with E-state index >= 15 is 4.11 Å². The third kappa shape index (κ3) is 2.27. The van der Waals surface area contributed by atoms with Crippen LogP contribution in [0.3, 0.4) is 0 Å². The van der Waals surface area contributed by atoms with E-state index in [1.807, 2.05) is 84.9 Å². The summed E-state index contributed by atoms with van der Waals surface area (Å²) in [7, 11) is -3.28. The average Bonchev–Trinajstić information content (AvgIpc) is 2.60. The third-order valence-corrected chi connectivity index (χ3v) is 7.49. The van der Waals surface area contributed by atoms with Gasteiger partial charge in [-0.1, -0.05) is 84.9 Å². The summed E-state index contributed by atoms with van der Waals surface area (Å²) in [6.07, 6.45) is 0. The molecule has 23 heavy (non-hydrogen) atoms. The van der Waals surface area contributed by atoms with Gasteiger partial charge in [0.1, 0.15) is 0 Å². The summed E-state index contributed by atoms with van der Waals surface area (Å²) in [4.78, 5) is 0. The van der Waals surface area contributed by atoms with E-state index in [2.05, 4.69) is 0 Å². The Balaban J connectivity index is 2.02. The fourth-order valence-corrected chi connectivity index (χ4v) is 5.99. The zero-order valence-electron chi connectivity index (χ0n) is 13.0. The Bertz CT molecular complexity index is 913. The van der Waals surface area contributed by atoms with Crippen LogP contribution in [0.5, 0.6) is 0 Å². The van der Waals surface area contributed by atoms with Gasteiger partial charge in [-0.3, -0.25) is 0 Å². The Kier molecular flexibility index (Phi) is 3.28. The second-order valence-electron chi connectivity index (χ2n) is 6.06. The molecule has 0 fully saturated rings. The lowest BCUT2D eigenvalue weighted by Gasteiger charge is -2.22. The molecule has 0 saturated carbocycles. The fraction of sp³-hybridized carbons (Fsp3) is 0.0476. The first-order valence-electron chi connectivity index (χ1n) is 7.83. The number of fused-ring (bicyclic) bond motifs is 2. The van der Waals surface area contributed by atoms with Crippen molar-refractivity contribution in [1.29, 1.82) is 0 Å². The molecule has 0 N–H and O–H groups in total. The Morgan fingerprint density at radius 3 is 1.43 bits per heavy atom. The predicted octanol–water partition coefficient (Wildman–Crippen LogP) is 4.65. The van der Waals surface area contributed by atoms with Crippen LogP contribution in [0.4, 0.5) is 4.11 Å². The van der Waals surface area contributed by atoms with Gasteiger partial charge in [0, 0.05) is 0 Å². The van der Waals surface area contributed by atoms with Crippen molar-refractivity contribution in [2.75, 3.05) is 0 Å². The molecule has 2 heteroatoms. The van der Waals surface area contributed by atoms with Crippen LogP contribution >= 0.6 is 0 Å². The molecule has 0 aromatic heterocycles. The van der Waals surface area contributed by atoms with E-state index in [1.54, 1.807) is 6.55 Å². The second kappa shape index (κ2) is 5.32. The van der Waals surface area contributed by atoms with Gasteiger partial charge in [-0.2, -0.15) is 0 Å². The molecular weight excluding hydrogens is 299 g/mol. The highest BCUT2D eigenvalue weighted by Gasteiger charge is 2.35. The quantitative estimate of drug-likeness (QED) is 0.373. The second-order valence-corrected chi connectivity index (χ2v) is 9.14. The lowest BCUT2D eigenvalue weighted by Crippen LogP contribution is -2.52. The van der Waals surface area contributed by atoms with Gasteiger partial charge in [0.2, 0.25) is 0 Å². The van der Waals surface area contributed by atoms with Crippen molar-refractivity contribution in [2.45, 2.75) is 6.55 Å². The summed E-state index contributed by atoms with van der Waals surface area (Å²) < 4.78 is 16.2. The van der Waals surface area contributed by atoms with Crippen LogP contribution in [-0.4, -0.2) is 8.41 Å². The highest BCUT2D eigenvalue weighted by molar-refractivity contribution is 6.98. The molecule has 0 aliphatic heterocycles. The zero-order valence-corrected chi connectivity index (χ0v) is 14.0. The molecule has 112 valence electrons. The van der Waals surface area contributed by atoms with E-state index in [1.165, 1.54) is 0 Å². The van der Waals surface area contributed by atoms with Crippen LogP contribution < -0.4 is 10.4 Å². The number of hydrogen-bond acceptors (Lipinski definition) is 0. The highest BCUT2D eigenvalue weighted by atomic mass is 28.4. The Hall–Kier alpha value is -2.45. The monoisotopic (exact) mass is 316 g/mol. The summed E-state index contributed by atoms with van der Waals surface area (Å²) in [5, 5.41) is 5.96. The molecule has 0 nitrogen and oxygen atoms in total. The number of halogens is 1. The Morgan fingerprint density at radius 1 is 0.565 bits per heavy atom. The first-order chi connectivity index (χ1) is 11.2. The molecule has 0 heterocycles. The van der Waals surface area contributed by atoms with Gasteiger partial charge >= 0.3 is 8.41 Å².